The highest BCUT2D eigenvalue weighted by Gasteiger charge is 2.18. The molecule has 1 aromatic carbocycles. The third kappa shape index (κ3) is 2.65. The lowest BCUT2D eigenvalue weighted by molar-refractivity contribution is 0.102. The first-order valence-corrected chi connectivity index (χ1v) is 7.90. The number of benzene rings is 1. The number of carbonyl (C=O) groups is 1. The Labute approximate surface area is 134 Å². The topological polar surface area (TPSA) is 49.6 Å². The summed E-state index contributed by atoms with van der Waals surface area (Å²) in [5.41, 5.74) is 3.12. The molecular formula is C18H18N4O. The average Bonchev–Trinajstić information content (AvgIpc) is 3.25. The number of anilines is 2. The van der Waals surface area contributed by atoms with Gasteiger partial charge < -0.3 is 14.6 Å². The van der Waals surface area contributed by atoms with Gasteiger partial charge in [0.1, 0.15) is 11.3 Å². The lowest BCUT2D eigenvalue weighted by Crippen LogP contribution is -2.21. The largest absolute Gasteiger partial charge is 0.370 e. The maximum atomic E-state index is 12.5. The summed E-state index contributed by atoms with van der Waals surface area (Å²) in [6.07, 6.45) is 6.05. The molecule has 3 heterocycles. The minimum absolute atomic E-state index is 0.180. The second kappa shape index (κ2) is 5.76. The zero-order chi connectivity index (χ0) is 15.6. The van der Waals surface area contributed by atoms with Crippen LogP contribution in [0.1, 0.15) is 23.3 Å². The molecule has 0 atom stereocenters. The molecule has 0 radical (unpaired) electrons. The van der Waals surface area contributed by atoms with E-state index in [1.54, 1.807) is 6.20 Å². The maximum absolute atomic E-state index is 12.5. The standard InChI is InChI=1S/C18H18N4O/c23-18(15-13-22-12-4-3-9-17(22)19-15)20-14-7-1-2-8-16(14)21-10-5-6-11-21/h1-4,7-9,12-13H,5-6,10-11H2,(H,20,23). The van der Waals surface area contributed by atoms with Crippen molar-refractivity contribution in [2.75, 3.05) is 23.3 Å². The highest BCUT2D eigenvalue weighted by Crippen LogP contribution is 2.28. The van der Waals surface area contributed by atoms with Gasteiger partial charge in [0.05, 0.1) is 11.4 Å². The van der Waals surface area contributed by atoms with Crippen LogP contribution in [-0.2, 0) is 0 Å². The van der Waals surface area contributed by atoms with Gasteiger partial charge in [-0.05, 0) is 37.1 Å². The van der Waals surface area contributed by atoms with Crippen molar-refractivity contribution >= 4 is 22.9 Å². The number of pyridine rings is 1. The Hall–Kier alpha value is -2.82. The Balaban J connectivity index is 1.61. The number of fused-ring (bicyclic) bond motifs is 1. The molecule has 4 rings (SSSR count). The molecule has 0 saturated carbocycles. The van der Waals surface area contributed by atoms with Gasteiger partial charge >= 0.3 is 0 Å². The first kappa shape index (κ1) is 13.8. The number of aromatic nitrogens is 2. The molecule has 0 spiro atoms. The van der Waals surface area contributed by atoms with Gasteiger partial charge in [0.25, 0.3) is 5.91 Å². The number of nitrogens with one attached hydrogen (secondary N) is 1. The number of imidazole rings is 1. The lowest BCUT2D eigenvalue weighted by Gasteiger charge is -2.21. The Bertz CT molecular complexity index is 816. The summed E-state index contributed by atoms with van der Waals surface area (Å²) in [7, 11) is 0. The smallest absolute Gasteiger partial charge is 0.275 e. The number of para-hydroxylation sites is 2. The summed E-state index contributed by atoms with van der Waals surface area (Å²) in [5.74, 6) is -0.180. The minimum atomic E-state index is -0.180. The number of rotatable bonds is 3. The van der Waals surface area contributed by atoms with Crippen molar-refractivity contribution in [3.05, 3.63) is 60.6 Å². The van der Waals surface area contributed by atoms with Crippen LogP contribution < -0.4 is 10.2 Å². The normalized spacial score (nSPS) is 14.3. The van der Waals surface area contributed by atoms with Crippen molar-refractivity contribution in [2.24, 2.45) is 0 Å². The zero-order valence-electron chi connectivity index (χ0n) is 12.8. The van der Waals surface area contributed by atoms with E-state index in [0.29, 0.717) is 5.69 Å². The third-order valence-electron chi connectivity index (χ3n) is 4.20. The van der Waals surface area contributed by atoms with Crippen molar-refractivity contribution in [3.63, 3.8) is 0 Å². The fourth-order valence-electron chi connectivity index (χ4n) is 3.04. The molecule has 116 valence electrons. The molecule has 5 heteroatoms. The van der Waals surface area contributed by atoms with Gasteiger partial charge in [-0.1, -0.05) is 18.2 Å². The van der Waals surface area contributed by atoms with Crippen LogP contribution in [0.3, 0.4) is 0 Å². The molecular weight excluding hydrogens is 288 g/mol. The van der Waals surface area contributed by atoms with E-state index in [1.807, 2.05) is 47.0 Å². The molecule has 1 fully saturated rings. The van der Waals surface area contributed by atoms with Crippen LogP contribution in [0.2, 0.25) is 0 Å². The summed E-state index contributed by atoms with van der Waals surface area (Å²) in [5, 5.41) is 3.01. The first-order chi connectivity index (χ1) is 11.3. The lowest BCUT2D eigenvalue weighted by atomic mass is 10.2. The van der Waals surface area contributed by atoms with Crippen molar-refractivity contribution in [1.82, 2.24) is 9.38 Å². The molecule has 3 aromatic rings. The fraction of sp³-hybridized carbons (Fsp3) is 0.222. The van der Waals surface area contributed by atoms with E-state index >= 15 is 0 Å². The van der Waals surface area contributed by atoms with Gasteiger partial charge in [0.15, 0.2) is 0 Å². The second-order valence-electron chi connectivity index (χ2n) is 5.76. The molecule has 5 nitrogen and oxygen atoms in total. The summed E-state index contributed by atoms with van der Waals surface area (Å²) >= 11 is 0. The first-order valence-electron chi connectivity index (χ1n) is 7.90. The SMILES string of the molecule is O=C(Nc1ccccc1N1CCCC1)c1cn2ccccc2n1. The second-order valence-corrected chi connectivity index (χ2v) is 5.76. The minimum Gasteiger partial charge on any atom is -0.370 e. The maximum Gasteiger partial charge on any atom is 0.275 e. The van der Waals surface area contributed by atoms with Crippen LogP contribution >= 0.6 is 0 Å². The highest BCUT2D eigenvalue weighted by molar-refractivity contribution is 6.05. The average molecular weight is 306 g/mol. The zero-order valence-corrected chi connectivity index (χ0v) is 12.8. The summed E-state index contributed by atoms with van der Waals surface area (Å²) in [6, 6.07) is 13.7. The molecule has 1 saturated heterocycles. The van der Waals surface area contributed by atoms with E-state index in [0.717, 1.165) is 30.1 Å². The summed E-state index contributed by atoms with van der Waals surface area (Å²) in [4.78, 5) is 19.2. The van der Waals surface area contributed by atoms with Crippen LogP contribution in [0.15, 0.2) is 54.9 Å². The van der Waals surface area contributed by atoms with Crippen LogP contribution in [0, 0.1) is 0 Å². The number of hydrogen-bond acceptors (Lipinski definition) is 3. The quantitative estimate of drug-likeness (QED) is 0.808. The summed E-state index contributed by atoms with van der Waals surface area (Å²) in [6.45, 7) is 2.09. The van der Waals surface area contributed by atoms with Crippen molar-refractivity contribution < 1.29 is 4.79 Å². The van der Waals surface area contributed by atoms with Crippen LogP contribution in [0.4, 0.5) is 11.4 Å². The number of amides is 1. The van der Waals surface area contributed by atoms with Crippen LogP contribution in [0.25, 0.3) is 5.65 Å². The van der Waals surface area contributed by atoms with Gasteiger partial charge in [0.2, 0.25) is 0 Å². The molecule has 0 aliphatic carbocycles. The Morgan fingerprint density at radius 2 is 1.83 bits per heavy atom. The van der Waals surface area contributed by atoms with Gasteiger partial charge in [-0.25, -0.2) is 4.98 Å². The van der Waals surface area contributed by atoms with E-state index in [4.69, 9.17) is 0 Å². The van der Waals surface area contributed by atoms with Gasteiger partial charge in [0, 0.05) is 25.5 Å². The molecule has 0 bridgehead atoms. The highest BCUT2D eigenvalue weighted by atomic mass is 16.1. The molecule has 1 N–H and O–H groups in total. The Kier molecular flexibility index (Phi) is 3.46. The number of carbonyl (C=O) groups excluding carboxylic acids is 1. The van der Waals surface area contributed by atoms with E-state index < -0.39 is 0 Å². The predicted molar refractivity (Wildman–Crippen MR) is 91.0 cm³/mol. The number of hydrogen-bond donors (Lipinski definition) is 1. The molecule has 1 amide bonds. The Morgan fingerprint density at radius 3 is 2.65 bits per heavy atom. The van der Waals surface area contributed by atoms with Gasteiger partial charge in [-0.3, -0.25) is 4.79 Å². The van der Waals surface area contributed by atoms with Gasteiger partial charge in [-0.15, -0.1) is 0 Å². The monoisotopic (exact) mass is 306 g/mol. The van der Waals surface area contributed by atoms with E-state index in [9.17, 15) is 4.79 Å². The van der Waals surface area contributed by atoms with Crippen LogP contribution in [0.5, 0.6) is 0 Å². The van der Waals surface area contributed by atoms with Crippen molar-refractivity contribution in [3.8, 4) is 0 Å². The third-order valence-corrected chi connectivity index (χ3v) is 4.20. The molecule has 2 aromatic heterocycles. The van der Waals surface area contributed by atoms with Crippen molar-refractivity contribution in [2.45, 2.75) is 12.8 Å². The van der Waals surface area contributed by atoms with Gasteiger partial charge in [-0.2, -0.15) is 0 Å². The van der Waals surface area contributed by atoms with E-state index in [1.165, 1.54) is 12.8 Å². The fourth-order valence-corrected chi connectivity index (χ4v) is 3.04. The molecule has 23 heavy (non-hydrogen) atoms. The van der Waals surface area contributed by atoms with Crippen LogP contribution in [-0.4, -0.2) is 28.4 Å². The Morgan fingerprint density at radius 1 is 1.04 bits per heavy atom. The predicted octanol–water partition coefficient (Wildman–Crippen LogP) is 3.19. The summed E-state index contributed by atoms with van der Waals surface area (Å²) < 4.78 is 1.85. The van der Waals surface area contributed by atoms with E-state index in [2.05, 4.69) is 21.3 Å². The molecule has 0 unspecified atom stereocenters. The van der Waals surface area contributed by atoms with Crippen molar-refractivity contribution in [1.29, 1.82) is 0 Å². The molecule has 1 aliphatic rings. The van der Waals surface area contributed by atoms with E-state index in [-0.39, 0.29) is 5.91 Å². The number of nitrogens with zero attached hydrogens (tertiary/aromatic N) is 3. The molecule has 1 aliphatic heterocycles.